The van der Waals surface area contributed by atoms with Gasteiger partial charge in [0.1, 0.15) is 23.2 Å². The molecule has 0 saturated carbocycles. The molecular formula is C31H42N2O2P+. The van der Waals surface area contributed by atoms with Crippen LogP contribution in [0.5, 0.6) is 0 Å². The molecular weight excluding hydrogens is 463 g/mol. The Hall–Kier alpha value is -2.68. The summed E-state index contributed by atoms with van der Waals surface area (Å²) in [5.74, 6) is 0. The summed E-state index contributed by atoms with van der Waals surface area (Å²) in [6.07, 6.45) is 13.6. The molecule has 0 aliphatic carbocycles. The molecule has 0 aliphatic heterocycles. The fourth-order valence-electron chi connectivity index (χ4n) is 4.94. The molecule has 3 rings (SSSR count). The van der Waals surface area contributed by atoms with Gasteiger partial charge >= 0.3 is 6.03 Å². The third kappa shape index (κ3) is 8.76. The highest BCUT2D eigenvalue weighted by Crippen LogP contribution is 2.55. The first-order chi connectivity index (χ1) is 17.7. The van der Waals surface area contributed by atoms with Crippen LogP contribution >= 0.6 is 7.26 Å². The second kappa shape index (κ2) is 16.1. The van der Waals surface area contributed by atoms with E-state index in [-0.39, 0.29) is 0 Å². The van der Waals surface area contributed by atoms with Gasteiger partial charge in [-0.2, -0.15) is 0 Å². The van der Waals surface area contributed by atoms with E-state index in [9.17, 15) is 4.79 Å². The normalized spacial score (nSPS) is 11.3. The van der Waals surface area contributed by atoms with Gasteiger partial charge in [-0.1, -0.05) is 99.5 Å². The van der Waals surface area contributed by atoms with E-state index in [2.05, 4.69) is 96.5 Å². The lowest BCUT2D eigenvalue weighted by molar-refractivity contribution is 0.0616. The number of hydrogen-bond acceptors (Lipinski definition) is 2. The molecule has 192 valence electrons. The van der Waals surface area contributed by atoms with Crippen LogP contribution in [0.25, 0.3) is 0 Å². The van der Waals surface area contributed by atoms with Gasteiger partial charge in [-0.3, -0.25) is 4.84 Å². The zero-order valence-corrected chi connectivity index (χ0v) is 22.4. The topological polar surface area (TPSA) is 64.4 Å². The number of carbonyl (C=O) groups excluding carboxylic acids is 1. The van der Waals surface area contributed by atoms with Gasteiger partial charge in [0.05, 0.1) is 12.8 Å². The standard InChI is InChI=1S/C31H41N2O2P/c32-31(34)33-35-26-18-7-5-3-1-2-4-6-8-19-27-36(28-20-12-9-13-21-28,29-22-14-10-15-23-29)30-24-16-11-17-25-30/h9-17,20-25H,1-8,18-19,26-27H2,(H2-,32,33,34)/p+1. The van der Waals surface area contributed by atoms with Crippen LogP contribution in [0.2, 0.25) is 0 Å². The molecule has 2 amide bonds. The summed E-state index contributed by atoms with van der Waals surface area (Å²) >= 11 is 0. The van der Waals surface area contributed by atoms with Crippen molar-refractivity contribution in [3.63, 3.8) is 0 Å². The molecule has 0 bridgehead atoms. The fourth-order valence-corrected chi connectivity index (χ4v) is 9.35. The Balaban J connectivity index is 1.46. The molecule has 3 aromatic carbocycles. The van der Waals surface area contributed by atoms with Crippen molar-refractivity contribution in [3.05, 3.63) is 91.0 Å². The van der Waals surface area contributed by atoms with Crippen LogP contribution in [0.15, 0.2) is 91.0 Å². The van der Waals surface area contributed by atoms with E-state index in [4.69, 9.17) is 10.6 Å². The number of hydrogen-bond donors (Lipinski definition) is 2. The molecule has 0 spiro atoms. The molecule has 0 aromatic heterocycles. The van der Waals surface area contributed by atoms with Crippen molar-refractivity contribution in [3.8, 4) is 0 Å². The van der Waals surface area contributed by atoms with Crippen LogP contribution in [-0.2, 0) is 4.84 Å². The first kappa shape index (κ1) is 27.9. The van der Waals surface area contributed by atoms with E-state index in [1.54, 1.807) is 0 Å². The molecule has 3 aromatic rings. The van der Waals surface area contributed by atoms with Crippen molar-refractivity contribution in [1.82, 2.24) is 5.48 Å². The Bertz CT molecular complexity index is 887. The van der Waals surface area contributed by atoms with Gasteiger partial charge in [0.2, 0.25) is 0 Å². The Kier molecular flexibility index (Phi) is 12.5. The number of amides is 2. The van der Waals surface area contributed by atoms with Crippen molar-refractivity contribution < 1.29 is 9.63 Å². The molecule has 0 atom stereocenters. The quantitative estimate of drug-likeness (QED) is 0.125. The van der Waals surface area contributed by atoms with E-state index >= 15 is 0 Å². The molecule has 0 fully saturated rings. The van der Waals surface area contributed by atoms with Gasteiger partial charge in [0, 0.05) is 0 Å². The maximum atomic E-state index is 10.5. The number of rotatable bonds is 17. The number of benzene rings is 3. The third-order valence-electron chi connectivity index (χ3n) is 6.75. The van der Waals surface area contributed by atoms with Crippen LogP contribution in [0.4, 0.5) is 4.79 Å². The summed E-state index contributed by atoms with van der Waals surface area (Å²) in [7, 11) is -1.68. The molecule has 0 radical (unpaired) electrons. The lowest BCUT2D eigenvalue weighted by Gasteiger charge is -2.27. The van der Waals surface area contributed by atoms with Gasteiger partial charge in [-0.25, -0.2) is 10.3 Å². The number of nitrogens with one attached hydrogen (secondary N) is 1. The van der Waals surface area contributed by atoms with E-state index in [0.29, 0.717) is 6.61 Å². The molecule has 36 heavy (non-hydrogen) atoms. The fraction of sp³-hybridized carbons (Fsp3) is 0.387. The Morgan fingerprint density at radius 2 is 0.944 bits per heavy atom. The van der Waals surface area contributed by atoms with Gasteiger partial charge in [0.15, 0.2) is 0 Å². The molecule has 0 unspecified atom stereocenters. The number of unbranched alkanes of at least 4 members (excludes halogenated alkanes) is 9. The van der Waals surface area contributed by atoms with Crippen LogP contribution in [0, 0.1) is 0 Å². The summed E-state index contributed by atoms with van der Waals surface area (Å²) in [5, 5.41) is 4.45. The lowest BCUT2D eigenvalue weighted by atomic mass is 10.1. The van der Waals surface area contributed by atoms with E-state index in [1.165, 1.54) is 73.4 Å². The predicted molar refractivity (Wildman–Crippen MR) is 155 cm³/mol. The number of nitrogens with two attached hydrogens (primary N) is 1. The summed E-state index contributed by atoms with van der Waals surface area (Å²) in [5.41, 5.74) is 7.12. The van der Waals surface area contributed by atoms with Gasteiger partial charge in [0.25, 0.3) is 0 Å². The monoisotopic (exact) mass is 505 g/mol. The average Bonchev–Trinajstić information content (AvgIpc) is 2.92. The number of hydroxylamine groups is 1. The Labute approximate surface area is 217 Å². The van der Waals surface area contributed by atoms with E-state index < -0.39 is 13.3 Å². The molecule has 5 heteroatoms. The smallest absolute Gasteiger partial charge is 0.336 e. The highest BCUT2D eigenvalue weighted by atomic mass is 31.2. The van der Waals surface area contributed by atoms with Crippen LogP contribution in [0.1, 0.15) is 64.2 Å². The average molecular weight is 506 g/mol. The van der Waals surface area contributed by atoms with Crippen molar-refractivity contribution >= 4 is 29.2 Å². The van der Waals surface area contributed by atoms with Crippen molar-refractivity contribution in [2.24, 2.45) is 5.73 Å². The van der Waals surface area contributed by atoms with Crippen LogP contribution < -0.4 is 27.1 Å². The van der Waals surface area contributed by atoms with Crippen LogP contribution in [0.3, 0.4) is 0 Å². The molecule has 4 nitrogen and oxygen atoms in total. The highest BCUT2D eigenvalue weighted by Gasteiger charge is 2.44. The Morgan fingerprint density at radius 3 is 1.33 bits per heavy atom. The van der Waals surface area contributed by atoms with Gasteiger partial charge < -0.3 is 5.73 Å². The SMILES string of the molecule is NC(=O)NOCCCCCCCCCCCC[P+](c1ccccc1)(c1ccccc1)c1ccccc1. The maximum absolute atomic E-state index is 10.5. The largest absolute Gasteiger partial charge is 0.350 e. The molecule has 3 N–H and O–H groups in total. The minimum atomic E-state index is -1.68. The minimum Gasteiger partial charge on any atom is -0.350 e. The lowest BCUT2D eigenvalue weighted by Crippen LogP contribution is -2.33. The Morgan fingerprint density at radius 1 is 0.583 bits per heavy atom. The number of carbonyl (C=O) groups is 1. The van der Waals surface area contributed by atoms with Crippen molar-refractivity contribution in [2.75, 3.05) is 12.8 Å². The number of primary amides is 1. The first-order valence-corrected chi connectivity index (χ1v) is 15.4. The zero-order valence-electron chi connectivity index (χ0n) is 21.5. The summed E-state index contributed by atoms with van der Waals surface area (Å²) in [4.78, 5) is 15.5. The van der Waals surface area contributed by atoms with Crippen molar-refractivity contribution in [2.45, 2.75) is 64.2 Å². The zero-order chi connectivity index (χ0) is 25.3. The van der Waals surface area contributed by atoms with Crippen LogP contribution in [-0.4, -0.2) is 18.8 Å². The number of urea groups is 1. The maximum Gasteiger partial charge on any atom is 0.336 e. The van der Waals surface area contributed by atoms with E-state index in [0.717, 1.165) is 12.8 Å². The second-order valence-electron chi connectivity index (χ2n) is 9.39. The molecule has 0 heterocycles. The second-order valence-corrected chi connectivity index (χ2v) is 13.0. The van der Waals surface area contributed by atoms with Crippen molar-refractivity contribution in [1.29, 1.82) is 0 Å². The highest BCUT2D eigenvalue weighted by molar-refractivity contribution is 7.95. The molecule has 0 saturated heterocycles. The van der Waals surface area contributed by atoms with Gasteiger partial charge in [-0.05, 0) is 55.7 Å². The first-order valence-electron chi connectivity index (χ1n) is 13.5. The summed E-state index contributed by atoms with van der Waals surface area (Å²) in [6.45, 7) is 0.530. The summed E-state index contributed by atoms with van der Waals surface area (Å²) in [6, 6.07) is 33.0. The minimum absolute atomic E-state index is 0.530. The predicted octanol–water partition coefficient (Wildman–Crippen LogP) is 6.48. The van der Waals surface area contributed by atoms with E-state index in [1.807, 2.05) is 0 Å². The summed E-state index contributed by atoms with van der Waals surface area (Å²) < 4.78 is 0. The van der Waals surface area contributed by atoms with Gasteiger partial charge in [-0.15, -0.1) is 0 Å². The third-order valence-corrected chi connectivity index (χ3v) is 11.3. The molecule has 0 aliphatic rings.